The number of carbonyl (C=O) groups excluding carboxylic acids is 1. The lowest BCUT2D eigenvalue weighted by atomic mass is 10.1. The van der Waals surface area contributed by atoms with Gasteiger partial charge in [-0.2, -0.15) is 17.0 Å². The van der Waals surface area contributed by atoms with Gasteiger partial charge in [-0.05, 0) is 19.8 Å². The standard InChI is InChI=1S/C12H24N2O4S/c1-10(12(15)18-4)9-13(3)19(16,17)14-8-6-5-7-11(14)2/h10-11H,5-9H2,1-4H3. The Bertz CT molecular complexity index is 410. The fraction of sp³-hybridized carbons (Fsp3) is 0.917. The third kappa shape index (κ3) is 3.90. The highest BCUT2D eigenvalue weighted by atomic mass is 32.2. The highest BCUT2D eigenvalue weighted by molar-refractivity contribution is 7.86. The maximum Gasteiger partial charge on any atom is 0.309 e. The van der Waals surface area contributed by atoms with Crippen molar-refractivity contribution in [1.29, 1.82) is 0 Å². The first-order chi connectivity index (χ1) is 8.80. The summed E-state index contributed by atoms with van der Waals surface area (Å²) in [6.45, 7) is 4.28. The summed E-state index contributed by atoms with van der Waals surface area (Å²) in [6, 6.07) is 0.0228. The first-order valence-corrected chi connectivity index (χ1v) is 8.01. The van der Waals surface area contributed by atoms with Crippen LogP contribution in [0.15, 0.2) is 0 Å². The van der Waals surface area contributed by atoms with Gasteiger partial charge in [-0.1, -0.05) is 13.3 Å². The molecule has 6 nitrogen and oxygen atoms in total. The summed E-state index contributed by atoms with van der Waals surface area (Å²) in [5.74, 6) is -0.862. The van der Waals surface area contributed by atoms with Crippen LogP contribution in [0.3, 0.4) is 0 Å². The molecule has 1 heterocycles. The Morgan fingerprint density at radius 1 is 1.47 bits per heavy atom. The first-order valence-electron chi connectivity index (χ1n) is 6.61. The molecule has 1 aliphatic rings. The van der Waals surface area contributed by atoms with E-state index in [2.05, 4.69) is 4.74 Å². The zero-order chi connectivity index (χ0) is 14.6. The predicted octanol–water partition coefficient (Wildman–Crippen LogP) is 0.846. The number of nitrogens with zero attached hydrogens (tertiary/aromatic N) is 2. The van der Waals surface area contributed by atoms with Gasteiger partial charge in [-0.15, -0.1) is 0 Å². The van der Waals surface area contributed by atoms with Crippen molar-refractivity contribution in [3.63, 3.8) is 0 Å². The second-order valence-corrected chi connectivity index (χ2v) is 7.16. The van der Waals surface area contributed by atoms with E-state index >= 15 is 0 Å². The van der Waals surface area contributed by atoms with Gasteiger partial charge in [0.15, 0.2) is 0 Å². The average molecular weight is 292 g/mol. The second kappa shape index (κ2) is 6.67. The molecule has 0 amide bonds. The van der Waals surface area contributed by atoms with Crippen LogP contribution >= 0.6 is 0 Å². The molecule has 0 aliphatic carbocycles. The van der Waals surface area contributed by atoms with Gasteiger partial charge in [0.2, 0.25) is 0 Å². The van der Waals surface area contributed by atoms with Crippen LogP contribution in [0, 0.1) is 5.92 Å². The van der Waals surface area contributed by atoms with E-state index in [-0.39, 0.29) is 12.6 Å². The summed E-state index contributed by atoms with van der Waals surface area (Å²) in [5.41, 5.74) is 0. The topological polar surface area (TPSA) is 66.9 Å². The van der Waals surface area contributed by atoms with Crippen molar-refractivity contribution in [2.24, 2.45) is 5.92 Å². The van der Waals surface area contributed by atoms with Crippen molar-refractivity contribution in [2.75, 3.05) is 27.2 Å². The smallest absolute Gasteiger partial charge is 0.309 e. The number of esters is 1. The minimum atomic E-state index is -3.49. The summed E-state index contributed by atoms with van der Waals surface area (Å²) in [7, 11) is -0.674. The van der Waals surface area contributed by atoms with Crippen molar-refractivity contribution in [3.05, 3.63) is 0 Å². The van der Waals surface area contributed by atoms with E-state index < -0.39 is 22.1 Å². The summed E-state index contributed by atoms with van der Waals surface area (Å²) in [6.07, 6.45) is 2.85. The van der Waals surface area contributed by atoms with Gasteiger partial charge in [0, 0.05) is 26.2 Å². The second-order valence-electron chi connectivity index (χ2n) is 5.17. The van der Waals surface area contributed by atoms with Crippen LogP contribution < -0.4 is 0 Å². The van der Waals surface area contributed by atoms with Gasteiger partial charge in [-0.25, -0.2) is 0 Å². The highest BCUT2D eigenvalue weighted by Crippen LogP contribution is 2.22. The molecule has 0 aromatic carbocycles. The third-order valence-corrected chi connectivity index (χ3v) is 5.64. The molecule has 112 valence electrons. The summed E-state index contributed by atoms with van der Waals surface area (Å²) in [5, 5.41) is 0. The molecule has 0 spiro atoms. The predicted molar refractivity (Wildman–Crippen MR) is 72.7 cm³/mol. The molecule has 0 aromatic rings. The van der Waals surface area contributed by atoms with Crippen molar-refractivity contribution in [1.82, 2.24) is 8.61 Å². The van der Waals surface area contributed by atoms with Gasteiger partial charge in [-0.3, -0.25) is 4.79 Å². The molecular formula is C12H24N2O4S. The Kier molecular flexibility index (Phi) is 5.76. The molecule has 0 N–H and O–H groups in total. The Hall–Kier alpha value is -0.660. The minimum absolute atomic E-state index is 0.0228. The molecule has 2 atom stereocenters. The minimum Gasteiger partial charge on any atom is -0.469 e. The Morgan fingerprint density at radius 2 is 2.11 bits per heavy atom. The number of carbonyl (C=O) groups is 1. The van der Waals surface area contributed by atoms with Crippen LogP contribution in [-0.2, 0) is 19.7 Å². The maximum atomic E-state index is 12.4. The van der Waals surface area contributed by atoms with Crippen molar-refractivity contribution >= 4 is 16.2 Å². The normalized spacial score (nSPS) is 23.3. The molecule has 0 bridgehead atoms. The fourth-order valence-corrected chi connectivity index (χ4v) is 4.04. The van der Waals surface area contributed by atoms with Crippen LogP contribution in [0.1, 0.15) is 33.1 Å². The van der Waals surface area contributed by atoms with Crippen LogP contribution in [-0.4, -0.2) is 56.3 Å². The SMILES string of the molecule is COC(=O)C(C)CN(C)S(=O)(=O)N1CCCCC1C. The van der Waals surface area contributed by atoms with Gasteiger partial charge in [0.05, 0.1) is 13.0 Å². The zero-order valence-corrected chi connectivity index (χ0v) is 12.9. The number of rotatable bonds is 5. The molecule has 1 aliphatic heterocycles. The lowest BCUT2D eigenvalue weighted by Crippen LogP contribution is -2.49. The van der Waals surface area contributed by atoms with E-state index in [9.17, 15) is 13.2 Å². The van der Waals surface area contributed by atoms with Gasteiger partial charge in [0.1, 0.15) is 0 Å². The first kappa shape index (κ1) is 16.4. The molecule has 19 heavy (non-hydrogen) atoms. The highest BCUT2D eigenvalue weighted by Gasteiger charge is 2.33. The van der Waals surface area contributed by atoms with E-state index in [4.69, 9.17) is 0 Å². The van der Waals surface area contributed by atoms with E-state index in [0.717, 1.165) is 19.3 Å². The Labute approximate surface area is 115 Å². The molecule has 0 aromatic heterocycles. The number of methoxy groups -OCH3 is 1. The maximum absolute atomic E-state index is 12.4. The molecule has 1 fully saturated rings. The molecule has 0 radical (unpaired) electrons. The molecular weight excluding hydrogens is 268 g/mol. The van der Waals surface area contributed by atoms with E-state index in [0.29, 0.717) is 6.54 Å². The molecule has 7 heteroatoms. The van der Waals surface area contributed by atoms with Crippen LogP contribution in [0.5, 0.6) is 0 Å². The van der Waals surface area contributed by atoms with Gasteiger partial charge < -0.3 is 4.74 Å². The average Bonchev–Trinajstić information content (AvgIpc) is 2.37. The number of hydrogen-bond acceptors (Lipinski definition) is 4. The van der Waals surface area contributed by atoms with Crippen molar-refractivity contribution in [3.8, 4) is 0 Å². The van der Waals surface area contributed by atoms with Crippen LogP contribution in [0.25, 0.3) is 0 Å². The largest absolute Gasteiger partial charge is 0.469 e. The molecule has 0 saturated carbocycles. The summed E-state index contributed by atoms with van der Waals surface area (Å²) in [4.78, 5) is 11.4. The zero-order valence-electron chi connectivity index (χ0n) is 12.1. The third-order valence-electron chi connectivity index (χ3n) is 3.57. The Balaban J connectivity index is 2.73. The summed E-state index contributed by atoms with van der Waals surface area (Å²) < 4.78 is 32.3. The molecule has 1 rings (SSSR count). The number of hydrogen-bond donors (Lipinski definition) is 0. The number of piperidine rings is 1. The van der Waals surface area contributed by atoms with Crippen LogP contribution in [0.4, 0.5) is 0 Å². The lowest BCUT2D eigenvalue weighted by Gasteiger charge is -2.35. The molecule has 2 unspecified atom stereocenters. The van der Waals surface area contributed by atoms with E-state index in [1.54, 1.807) is 6.92 Å². The Morgan fingerprint density at radius 3 is 2.63 bits per heavy atom. The lowest BCUT2D eigenvalue weighted by molar-refractivity contribution is -0.145. The van der Waals surface area contributed by atoms with Crippen molar-refractivity contribution < 1.29 is 17.9 Å². The monoisotopic (exact) mass is 292 g/mol. The van der Waals surface area contributed by atoms with Gasteiger partial charge in [0.25, 0.3) is 10.2 Å². The quantitative estimate of drug-likeness (QED) is 0.705. The van der Waals surface area contributed by atoms with E-state index in [1.807, 2.05) is 6.92 Å². The van der Waals surface area contributed by atoms with Crippen molar-refractivity contribution in [2.45, 2.75) is 39.2 Å². The van der Waals surface area contributed by atoms with Gasteiger partial charge >= 0.3 is 5.97 Å². The molecule has 1 saturated heterocycles. The fourth-order valence-electron chi connectivity index (χ4n) is 2.35. The number of ether oxygens (including phenoxy) is 1. The van der Waals surface area contributed by atoms with E-state index in [1.165, 1.54) is 22.8 Å². The van der Waals surface area contributed by atoms with Crippen LogP contribution in [0.2, 0.25) is 0 Å². The summed E-state index contributed by atoms with van der Waals surface area (Å²) >= 11 is 0.